The van der Waals surface area contributed by atoms with Crippen molar-refractivity contribution in [2.45, 2.75) is 38.3 Å². The number of hydrogen-bond acceptors (Lipinski definition) is 6. The summed E-state index contributed by atoms with van der Waals surface area (Å²) in [6.45, 7) is 0.557. The number of aliphatic hydroxyl groups excluding tert-OH is 1. The Kier molecular flexibility index (Phi) is 8.79. The topological polar surface area (TPSA) is 90.2 Å². The molecule has 8 heteroatoms. The van der Waals surface area contributed by atoms with Gasteiger partial charge in [0.05, 0.1) is 33.9 Å². The molecule has 3 rings (SSSR count). The predicted octanol–water partition coefficient (Wildman–Crippen LogP) is 4.58. The van der Waals surface area contributed by atoms with Crippen LogP contribution in [0.1, 0.15) is 35.6 Å². The van der Waals surface area contributed by atoms with Crippen LogP contribution in [0.3, 0.4) is 0 Å². The Morgan fingerprint density at radius 3 is 2.39 bits per heavy atom. The van der Waals surface area contributed by atoms with E-state index in [1.165, 1.54) is 5.56 Å². The van der Waals surface area contributed by atoms with E-state index in [1.807, 2.05) is 23.0 Å². The zero-order valence-corrected chi connectivity index (χ0v) is 20.0. The van der Waals surface area contributed by atoms with Crippen molar-refractivity contribution < 1.29 is 29.2 Å². The van der Waals surface area contributed by atoms with Crippen molar-refractivity contribution in [3.63, 3.8) is 0 Å². The van der Waals surface area contributed by atoms with E-state index in [1.54, 1.807) is 44.8 Å². The quantitative estimate of drug-likeness (QED) is 0.378. The summed E-state index contributed by atoms with van der Waals surface area (Å²) in [5.74, 6) is 0.503. The van der Waals surface area contributed by atoms with E-state index in [2.05, 4.69) is 16.8 Å². The molecule has 2 N–H and O–H groups in total. The van der Waals surface area contributed by atoms with Crippen LogP contribution >= 0.6 is 11.3 Å². The maximum absolute atomic E-state index is 11.4. The Morgan fingerprint density at radius 2 is 1.82 bits per heavy atom. The number of aliphatic hydroxyl groups is 1. The van der Waals surface area contributed by atoms with Gasteiger partial charge in [-0.25, -0.2) is 0 Å². The van der Waals surface area contributed by atoms with Gasteiger partial charge in [-0.05, 0) is 71.0 Å². The first-order valence-electron chi connectivity index (χ1n) is 10.8. The maximum atomic E-state index is 11.4. The number of aromatic nitrogens is 1. The van der Waals surface area contributed by atoms with Gasteiger partial charge in [0.2, 0.25) is 5.75 Å². The highest BCUT2D eigenvalue weighted by Gasteiger charge is 2.25. The van der Waals surface area contributed by atoms with Gasteiger partial charge in [0.25, 0.3) is 0 Å². The molecule has 0 amide bonds. The SMILES string of the molecule is COc1cc(C(O)[C@H](CCCc2ccsc2)Cn2ccc(CC(=O)O)c2)cc(OC)c1OC. The second-order valence-electron chi connectivity index (χ2n) is 7.97. The van der Waals surface area contributed by atoms with Crippen LogP contribution < -0.4 is 14.2 Å². The van der Waals surface area contributed by atoms with Crippen molar-refractivity contribution in [2.24, 2.45) is 5.92 Å². The Hall–Kier alpha value is -2.97. The van der Waals surface area contributed by atoms with Crippen LogP contribution in [0.25, 0.3) is 0 Å². The first-order chi connectivity index (χ1) is 15.9. The first-order valence-corrected chi connectivity index (χ1v) is 11.7. The number of thiophene rings is 1. The van der Waals surface area contributed by atoms with E-state index in [0.29, 0.717) is 29.4 Å². The Bertz CT molecular complexity index is 1000. The van der Waals surface area contributed by atoms with E-state index in [9.17, 15) is 9.90 Å². The highest BCUT2D eigenvalue weighted by Crippen LogP contribution is 2.41. The molecule has 0 bridgehead atoms. The van der Waals surface area contributed by atoms with E-state index in [0.717, 1.165) is 24.8 Å². The molecule has 0 aliphatic heterocycles. The van der Waals surface area contributed by atoms with Gasteiger partial charge < -0.3 is 29.0 Å². The Labute approximate surface area is 198 Å². The second-order valence-corrected chi connectivity index (χ2v) is 8.75. The number of hydrogen-bond donors (Lipinski definition) is 2. The third-order valence-electron chi connectivity index (χ3n) is 5.71. The van der Waals surface area contributed by atoms with Gasteiger partial charge in [0, 0.05) is 24.9 Å². The molecule has 0 radical (unpaired) electrons. The van der Waals surface area contributed by atoms with Crippen LogP contribution in [0.15, 0.2) is 47.4 Å². The Morgan fingerprint density at radius 1 is 1.09 bits per heavy atom. The van der Waals surface area contributed by atoms with Gasteiger partial charge >= 0.3 is 5.97 Å². The summed E-state index contributed by atoms with van der Waals surface area (Å²) in [6.07, 6.45) is 5.56. The number of carboxylic acids is 1. The van der Waals surface area contributed by atoms with Crippen LogP contribution in [0.2, 0.25) is 0 Å². The summed E-state index contributed by atoms with van der Waals surface area (Å²) in [7, 11) is 4.65. The van der Waals surface area contributed by atoms with Crippen molar-refractivity contribution in [1.82, 2.24) is 4.57 Å². The van der Waals surface area contributed by atoms with Crippen molar-refractivity contribution in [2.75, 3.05) is 21.3 Å². The normalized spacial score (nSPS) is 12.8. The summed E-state index contributed by atoms with van der Waals surface area (Å²) >= 11 is 1.68. The number of nitrogens with zero attached hydrogens (tertiary/aromatic N) is 1. The summed E-state index contributed by atoms with van der Waals surface area (Å²) in [4.78, 5) is 11.0. The van der Waals surface area contributed by atoms with E-state index in [-0.39, 0.29) is 12.3 Å². The van der Waals surface area contributed by atoms with Crippen LogP contribution in [0.4, 0.5) is 0 Å². The molecule has 2 aromatic heterocycles. The number of aliphatic carboxylic acids is 1. The second kappa shape index (κ2) is 11.8. The average molecular weight is 474 g/mol. The fraction of sp³-hybridized carbons (Fsp3) is 0.400. The lowest BCUT2D eigenvalue weighted by molar-refractivity contribution is -0.136. The van der Waals surface area contributed by atoms with Crippen LogP contribution in [-0.2, 0) is 24.2 Å². The van der Waals surface area contributed by atoms with Gasteiger partial charge in [-0.15, -0.1) is 0 Å². The molecule has 2 atom stereocenters. The van der Waals surface area contributed by atoms with Crippen LogP contribution in [0.5, 0.6) is 17.2 Å². The van der Waals surface area contributed by atoms with Crippen molar-refractivity contribution in [1.29, 1.82) is 0 Å². The van der Waals surface area contributed by atoms with E-state index >= 15 is 0 Å². The molecule has 0 spiro atoms. The lowest BCUT2D eigenvalue weighted by atomic mass is 9.90. The smallest absolute Gasteiger partial charge is 0.307 e. The minimum Gasteiger partial charge on any atom is -0.493 e. The zero-order chi connectivity index (χ0) is 23.8. The third kappa shape index (κ3) is 6.52. The number of carboxylic acid groups (broad SMARTS) is 1. The molecule has 0 aliphatic carbocycles. The third-order valence-corrected chi connectivity index (χ3v) is 6.44. The molecule has 0 saturated carbocycles. The van der Waals surface area contributed by atoms with Crippen LogP contribution in [-0.4, -0.2) is 42.1 Å². The number of methoxy groups -OCH3 is 3. The molecule has 0 fully saturated rings. The molecule has 3 aromatic rings. The van der Waals surface area contributed by atoms with E-state index < -0.39 is 12.1 Å². The number of carbonyl (C=O) groups is 1. The van der Waals surface area contributed by atoms with Gasteiger partial charge in [0.1, 0.15) is 0 Å². The fourth-order valence-electron chi connectivity index (χ4n) is 4.05. The number of ether oxygens (including phenoxy) is 3. The molecule has 0 aliphatic rings. The maximum Gasteiger partial charge on any atom is 0.307 e. The highest BCUT2D eigenvalue weighted by atomic mass is 32.1. The Balaban J connectivity index is 1.83. The molecule has 178 valence electrons. The standard InChI is InChI=1S/C25H31NO6S/c1-30-21-12-20(13-22(31-2)25(21)32-3)24(29)19(6-4-5-17-8-10-33-16-17)15-26-9-7-18(14-26)11-23(27)28/h7-10,12-14,16,19,24,29H,4-6,11,15H2,1-3H3,(H,27,28)/t19-,24?/m1/s1. The highest BCUT2D eigenvalue weighted by molar-refractivity contribution is 7.07. The summed E-state index contributed by atoms with van der Waals surface area (Å²) in [6, 6.07) is 7.49. The van der Waals surface area contributed by atoms with Crippen molar-refractivity contribution >= 4 is 17.3 Å². The van der Waals surface area contributed by atoms with Crippen LogP contribution in [0, 0.1) is 5.92 Å². The number of rotatable bonds is 13. The van der Waals surface area contributed by atoms with E-state index in [4.69, 9.17) is 19.3 Å². The molecular weight excluding hydrogens is 442 g/mol. The largest absolute Gasteiger partial charge is 0.493 e. The molecule has 0 saturated heterocycles. The van der Waals surface area contributed by atoms with Gasteiger partial charge in [0.15, 0.2) is 11.5 Å². The molecule has 7 nitrogen and oxygen atoms in total. The molecule has 33 heavy (non-hydrogen) atoms. The molecule has 1 unspecified atom stereocenters. The zero-order valence-electron chi connectivity index (χ0n) is 19.2. The average Bonchev–Trinajstić information content (AvgIpc) is 3.48. The minimum atomic E-state index is -0.863. The monoisotopic (exact) mass is 473 g/mol. The van der Waals surface area contributed by atoms with Gasteiger partial charge in [-0.3, -0.25) is 4.79 Å². The minimum absolute atomic E-state index is 0.0226. The predicted molar refractivity (Wildman–Crippen MR) is 128 cm³/mol. The van der Waals surface area contributed by atoms with Gasteiger partial charge in [-0.1, -0.05) is 0 Å². The summed E-state index contributed by atoms with van der Waals surface area (Å²) in [5.41, 5.74) is 2.72. The lowest BCUT2D eigenvalue weighted by Crippen LogP contribution is -2.19. The molecule has 1 aromatic carbocycles. The first kappa shape index (κ1) is 24.7. The number of aryl methyl sites for hydroxylation is 1. The number of benzene rings is 1. The molecular formula is C25H31NO6S. The van der Waals surface area contributed by atoms with Crippen molar-refractivity contribution in [3.8, 4) is 17.2 Å². The van der Waals surface area contributed by atoms with Crippen molar-refractivity contribution in [3.05, 3.63) is 64.1 Å². The fourth-order valence-corrected chi connectivity index (χ4v) is 4.75. The van der Waals surface area contributed by atoms with Gasteiger partial charge in [-0.2, -0.15) is 11.3 Å². The lowest BCUT2D eigenvalue weighted by Gasteiger charge is -2.25. The molecule has 2 heterocycles. The summed E-state index contributed by atoms with van der Waals surface area (Å²) < 4.78 is 18.3. The summed E-state index contributed by atoms with van der Waals surface area (Å²) in [5, 5.41) is 24.7.